The highest BCUT2D eigenvalue weighted by atomic mass is 32.2. The van der Waals surface area contributed by atoms with Crippen LogP contribution >= 0.6 is 0 Å². The smallest absolute Gasteiger partial charge is 0.351 e. The van der Waals surface area contributed by atoms with Gasteiger partial charge in [-0.3, -0.25) is 4.57 Å². The highest BCUT2D eigenvalue weighted by Gasteiger charge is 2.51. The van der Waals surface area contributed by atoms with E-state index >= 15 is 0 Å². The summed E-state index contributed by atoms with van der Waals surface area (Å²) in [5.41, 5.74) is 2.31. The van der Waals surface area contributed by atoms with Crippen LogP contribution in [-0.4, -0.2) is 48.2 Å². The Morgan fingerprint density at radius 2 is 1.60 bits per heavy atom. The van der Waals surface area contributed by atoms with Gasteiger partial charge in [-0.25, -0.2) is 4.79 Å². The van der Waals surface area contributed by atoms with E-state index in [4.69, 9.17) is 18.4 Å². The van der Waals surface area contributed by atoms with Gasteiger partial charge >= 0.3 is 15.8 Å². The molecule has 1 aromatic heterocycles. The van der Waals surface area contributed by atoms with Crippen molar-refractivity contribution in [3.8, 4) is 5.88 Å². The standard InChI is InChI=1S/C32H46N2O7S/c1-18(2)21-14-23(19(3)4)29(24(15-21)20(5)6)42(36,37)41-26-12-13-34(30(35)33-26)25-16-22(17-38-31(7,8)9)27-28(25)40-32(10,11)39-27/h12-16,18-20,25,27-28H,17H2,1-11H3/t25?,27-,28+/m0/s1. The Labute approximate surface area is 250 Å². The van der Waals surface area contributed by atoms with Gasteiger partial charge in [0.2, 0.25) is 5.88 Å². The molecule has 232 valence electrons. The summed E-state index contributed by atoms with van der Waals surface area (Å²) in [5.74, 6) is -1.01. The molecule has 1 aromatic carbocycles. The normalized spacial score (nSPS) is 22.2. The Balaban J connectivity index is 1.68. The zero-order chi connectivity index (χ0) is 31.4. The predicted molar refractivity (Wildman–Crippen MR) is 162 cm³/mol. The largest absolute Gasteiger partial charge is 0.371 e. The molecule has 1 saturated heterocycles. The van der Waals surface area contributed by atoms with Crippen LogP contribution in [0.25, 0.3) is 0 Å². The van der Waals surface area contributed by atoms with Gasteiger partial charge in [0.15, 0.2) is 5.79 Å². The van der Waals surface area contributed by atoms with Crippen molar-refractivity contribution in [3.05, 3.63) is 63.2 Å². The van der Waals surface area contributed by atoms with Crippen molar-refractivity contribution < 1.29 is 26.8 Å². The van der Waals surface area contributed by atoms with E-state index in [2.05, 4.69) is 18.8 Å². The fraction of sp³-hybridized carbons (Fsp3) is 0.625. The third-order valence-electron chi connectivity index (χ3n) is 7.54. The first-order chi connectivity index (χ1) is 19.3. The molecule has 42 heavy (non-hydrogen) atoms. The minimum absolute atomic E-state index is 0.0630. The summed E-state index contributed by atoms with van der Waals surface area (Å²) in [5, 5.41) is 0. The van der Waals surface area contributed by atoms with Gasteiger partial charge in [-0.2, -0.15) is 13.4 Å². The Hall–Kier alpha value is -2.53. The van der Waals surface area contributed by atoms with E-state index < -0.39 is 33.7 Å². The molecule has 1 aliphatic heterocycles. The van der Waals surface area contributed by atoms with Crippen LogP contribution in [0.4, 0.5) is 0 Å². The number of rotatable bonds is 9. The summed E-state index contributed by atoms with van der Waals surface area (Å²) in [7, 11) is -4.30. The molecule has 2 aliphatic rings. The zero-order valence-corrected chi connectivity index (χ0v) is 27.5. The summed E-state index contributed by atoms with van der Waals surface area (Å²) < 4.78 is 52.8. The molecule has 3 atom stereocenters. The van der Waals surface area contributed by atoms with Gasteiger partial charge in [0.25, 0.3) is 0 Å². The second-order valence-corrected chi connectivity index (χ2v) is 15.1. The number of hydrogen-bond acceptors (Lipinski definition) is 8. The van der Waals surface area contributed by atoms with Crippen LogP contribution in [-0.2, 0) is 24.3 Å². The molecule has 10 heteroatoms. The quantitative estimate of drug-likeness (QED) is 0.247. The number of hydrogen-bond donors (Lipinski definition) is 0. The highest BCUT2D eigenvalue weighted by molar-refractivity contribution is 7.87. The van der Waals surface area contributed by atoms with Crippen LogP contribution in [0.2, 0.25) is 0 Å². The highest BCUT2D eigenvalue weighted by Crippen LogP contribution is 2.43. The van der Waals surface area contributed by atoms with Gasteiger partial charge < -0.3 is 18.4 Å². The van der Waals surface area contributed by atoms with Crippen molar-refractivity contribution in [2.24, 2.45) is 0 Å². The summed E-state index contributed by atoms with van der Waals surface area (Å²) >= 11 is 0. The molecule has 0 bridgehead atoms. The van der Waals surface area contributed by atoms with Crippen molar-refractivity contribution in [1.82, 2.24) is 9.55 Å². The molecular formula is C32H46N2O7S. The molecule has 0 spiro atoms. The van der Waals surface area contributed by atoms with Gasteiger partial charge in [0, 0.05) is 12.3 Å². The zero-order valence-electron chi connectivity index (χ0n) is 26.7. The average Bonchev–Trinajstić information content (AvgIpc) is 3.34. The van der Waals surface area contributed by atoms with Crippen LogP contribution in [0.3, 0.4) is 0 Å². The topological polar surface area (TPSA) is 106 Å². The van der Waals surface area contributed by atoms with E-state index in [1.807, 2.05) is 80.5 Å². The minimum atomic E-state index is -4.30. The first-order valence-corrected chi connectivity index (χ1v) is 16.1. The molecule has 0 radical (unpaired) electrons. The van der Waals surface area contributed by atoms with Crippen LogP contribution in [0.1, 0.15) is 117 Å². The maximum atomic E-state index is 13.8. The lowest BCUT2D eigenvalue weighted by Crippen LogP contribution is -2.35. The van der Waals surface area contributed by atoms with Gasteiger partial charge in [0.05, 0.1) is 18.2 Å². The first kappa shape index (κ1) is 32.4. The van der Waals surface area contributed by atoms with Crippen molar-refractivity contribution in [2.45, 2.75) is 128 Å². The van der Waals surface area contributed by atoms with Gasteiger partial charge in [-0.05, 0) is 74.6 Å². The van der Waals surface area contributed by atoms with E-state index in [-0.39, 0.29) is 40.2 Å². The molecule has 0 saturated carbocycles. The molecule has 4 rings (SSSR count). The number of nitrogens with zero attached hydrogens (tertiary/aromatic N) is 2. The van der Waals surface area contributed by atoms with Crippen LogP contribution in [0, 0.1) is 0 Å². The van der Waals surface area contributed by atoms with Gasteiger partial charge in [-0.15, -0.1) is 0 Å². The summed E-state index contributed by atoms with van der Waals surface area (Å²) in [6.07, 6.45) is 2.56. The van der Waals surface area contributed by atoms with E-state index in [1.54, 1.807) is 0 Å². The molecule has 2 heterocycles. The molecule has 0 amide bonds. The molecule has 1 aliphatic carbocycles. The number of ether oxygens (including phenoxy) is 3. The molecule has 0 N–H and O–H groups in total. The lowest BCUT2D eigenvalue weighted by Gasteiger charge is -2.23. The second-order valence-electron chi connectivity index (χ2n) is 13.6. The Bertz CT molecular complexity index is 1480. The molecule has 2 aromatic rings. The Morgan fingerprint density at radius 1 is 1.00 bits per heavy atom. The summed E-state index contributed by atoms with van der Waals surface area (Å²) in [6, 6.07) is 4.78. The average molecular weight is 603 g/mol. The van der Waals surface area contributed by atoms with E-state index in [0.717, 1.165) is 11.1 Å². The Morgan fingerprint density at radius 3 is 2.10 bits per heavy atom. The fourth-order valence-electron chi connectivity index (χ4n) is 5.41. The maximum absolute atomic E-state index is 13.8. The molecule has 9 nitrogen and oxygen atoms in total. The van der Waals surface area contributed by atoms with E-state index in [0.29, 0.717) is 17.7 Å². The van der Waals surface area contributed by atoms with Crippen LogP contribution < -0.4 is 9.87 Å². The Kier molecular flexibility index (Phi) is 8.88. The van der Waals surface area contributed by atoms with Crippen molar-refractivity contribution in [2.75, 3.05) is 6.61 Å². The third-order valence-corrected chi connectivity index (χ3v) is 8.90. The number of aromatic nitrogens is 2. The first-order valence-electron chi connectivity index (χ1n) is 14.7. The SMILES string of the molecule is CC(C)c1cc(C(C)C)c(S(=O)(=O)Oc2ccn(C3C=C(COC(C)(C)C)[C@@H]4OC(C)(C)O[C@H]34)c(=O)n2)c(C(C)C)c1. The monoisotopic (exact) mass is 602 g/mol. The maximum Gasteiger partial charge on any atom is 0.351 e. The minimum Gasteiger partial charge on any atom is -0.371 e. The lowest BCUT2D eigenvalue weighted by molar-refractivity contribution is -0.148. The number of fused-ring (bicyclic) bond motifs is 1. The van der Waals surface area contributed by atoms with Gasteiger partial charge in [-0.1, -0.05) is 59.8 Å². The van der Waals surface area contributed by atoms with E-state index in [9.17, 15) is 13.2 Å². The van der Waals surface area contributed by atoms with Gasteiger partial charge in [0.1, 0.15) is 17.1 Å². The van der Waals surface area contributed by atoms with E-state index in [1.165, 1.54) is 16.8 Å². The van der Waals surface area contributed by atoms with Crippen molar-refractivity contribution >= 4 is 10.1 Å². The predicted octanol–water partition coefficient (Wildman–Crippen LogP) is 6.20. The summed E-state index contributed by atoms with van der Waals surface area (Å²) in [4.78, 5) is 17.5. The number of benzene rings is 1. The third kappa shape index (κ3) is 6.82. The second kappa shape index (κ2) is 11.5. The molecule has 1 fully saturated rings. The molecule has 1 unspecified atom stereocenters. The van der Waals surface area contributed by atoms with Crippen molar-refractivity contribution in [1.29, 1.82) is 0 Å². The van der Waals surface area contributed by atoms with Crippen LogP contribution in [0.5, 0.6) is 5.88 Å². The molecular weight excluding hydrogens is 556 g/mol. The lowest BCUT2D eigenvalue weighted by atomic mass is 9.89. The van der Waals surface area contributed by atoms with Crippen LogP contribution in [0.15, 0.2) is 45.7 Å². The summed E-state index contributed by atoms with van der Waals surface area (Å²) in [6.45, 7) is 21.9. The fourth-order valence-corrected chi connectivity index (χ4v) is 6.97. The van der Waals surface area contributed by atoms with Crippen molar-refractivity contribution in [3.63, 3.8) is 0 Å².